The minimum absolute atomic E-state index is 0.0172. The Bertz CT molecular complexity index is 691. The zero-order valence-electron chi connectivity index (χ0n) is 13.9. The fourth-order valence-electron chi connectivity index (χ4n) is 3.45. The zero-order valence-corrected chi connectivity index (χ0v) is 13.9. The van der Waals surface area contributed by atoms with Crippen LogP contribution < -0.4 is 10.6 Å². The molecule has 0 radical (unpaired) electrons. The molecule has 0 bridgehead atoms. The fraction of sp³-hybridized carbons (Fsp3) is 0.474. The van der Waals surface area contributed by atoms with Gasteiger partial charge in [-0.3, -0.25) is 9.78 Å². The molecule has 1 saturated heterocycles. The Kier molecular flexibility index (Phi) is 4.62. The van der Waals surface area contributed by atoms with Crippen LogP contribution in [0.2, 0.25) is 0 Å². The number of piperidine rings is 1. The van der Waals surface area contributed by atoms with Crippen molar-refractivity contribution in [1.29, 1.82) is 0 Å². The van der Waals surface area contributed by atoms with Gasteiger partial charge in [0.05, 0.1) is 11.6 Å². The molecule has 122 valence electrons. The number of rotatable bonds is 4. The molecule has 2 heterocycles. The molecule has 1 aromatic carbocycles. The normalized spacial score (nSPS) is 20.3. The predicted octanol–water partition coefficient (Wildman–Crippen LogP) is 2.67. The average molecular weight is 311 g/mol. The minimum atomic E-state index is -0.0955. The summed E-state index contributed by atoms with van der Waals surface area (Å²) in [5.41, 5.74) is 2.23. The van der Waals surface area contributed by atoms with Crippen molar-refractivity contribution in [3.8, 4) is 0 Å². The van der Waals surface area contributed by atoms with E-state index in [1.807, 2.05) is 18.3 Å². The van der Waals surface area contributed by atoms with Crippen molar-refractivity contribution in [2.45, 2.75) is 39.2 Å². The molecule has 2 N–H and O–H groups in total. The van der Waals surface area contributed by atoms with Crippen molar-refractivity contribution in [3.05, 3.63) is 42.1 Å². The smallest absolute Gasteiger partial charge is 0.237 e. The van der Waals surface area contributed by atoms with Crippen molar-refractivity contribution >= 4 is 16.8 Å². The third-order valence-corrected chi connectivity index (χ3v) is 4.80. The van der Waals surface area contributed by atoms with Crippen molar-refractivity contribution in [2.75, 3.05) is 13.1 Å². The summed E-state index contributed by atoms with van der Waals surface area (Å²) in [5.74, 6) is 0.114. The number of para-hydroxylation sites is 1. The van der Waals surface area contributed by atoms with Gasteiger partial charge in [0.2, 0.25) is 5.91 Å². The van der Waals surface area contributed by atoms with Gasteiger partial charge in [0.15, 0.2) is 0 Å². The fourth-order valence-corrected chi connectivity index (χ4v) is 3.45. The lowest BCUT2D eigenvalue weighted by Crippen LogP contribution is -2.55. The molecule has 1 aliphatic heterocycles. The monoisotopic (exact) mass is 311 g/mol. The second-order valence-electron chi connectivity index (χ2n) is 7.01. The molecule has 1 fully saturated rings. The maximum atomic E-state index is 12.5. The van der Waals surface area contributed by atoms with Crippen LogP contribution in [0, 0.1) is 5.41 Å². The predicted molar refractivity (Wildman–Crippen MR) is 93.3 cm³/mol. The number of amides is 1. The van der Waals surface area contributed by atoms with Crippen LogP contribution in [0.3, 0.4) is 0 Å². The molecule has 4 heteroatoms. The highest BCUT2D eigenvalue weighted by atomic mass is 16.2. The summed E-state index contributed by atoms with van der Waals surface area (Å²) in [4.78, 5) is 16.9. The SMILES string of the molecule is CC1(C)CCCNC1C(=O)NCCc1cccc2cccnc12. The van der Waals surface area contributed by atoms with Gasteiger partial charge in [0.25, 0.3) is 0 Å². The molecule has 1 aromatic heterocycles. The van der Waals surface area contributed by atoms with Crippen molar-refractivity contribution in [3.63, 3.8) is 0 Å². The lowest BCUT2D eigenvalue weighted by atomic mass is 9.77. The Labute approximate surface area is 137 Å². The number of hydrogen-bond donors (Lipinski definition) is 2. The summed E-state index contributed by atoms with van der Waals surface area (Å²) >= 11 is 0. The molecule has 0 aliphatic carbocycles. The number of pyridine rings is 1. The molecule has 1 unspecified atom stereocenters. The molecule has 0 saturated carbocycles. The van der Waals surface area contributed by atoms with Crippen LogP contribution in [0.1, 0.15) is 32.3 Å². The van der Waals surface area contributed by atoms with Crippen LogP contribution in [0.25, 0.3) is 10.9 Å². The molecule has 4 nitrogen and oxygen atoms in total. The topological polar surface area (TPSA) is 54.0 Å². The Hall–Kier alpha value is -1.94. The number of nitrogens with one attached hydrogen (secondary N) is 2. The van der Waals surface area contributed by atoms with E-state index in [1.165, 1.54) is 5.56 Å². The maximum absolute atomic E-state index is 12.5. The highest BCUT2D eigenvalue weighted by Gasteiger charge is 2.36. The lowest BCUT2D eigenvalue weighted by Gasteiger charge is -2.38. The molecular weight excluding hydrogens is 286 g/mol. The van der Waals surface area contributed by atoms with Gasteiger partial charge < -0.3 is 10.6 Å². The first-order valence-corrected chi connectivity index (χ1v) is 8.42. The largest absolute Gasteiger partial charge is 0.354 e. The molecule has 1 aliphatic rings. The number of aromatic nitrogens is 1. The van der Waals surface area contributed by atoms with Crippen LogP contribution in [-0.4, -0.2) is 30.0 Å². The first-order chi connectivity index (χ1) is 11.1. The third-order valence-electron chi connectivity index (χ3n) is 4.80. The highest BCUT2D eigenvalue weighted by Crippen LogP contribution is 2.30. The van der Waals surface area contributed by atoms with E-state index in [2.05, 4.69) is 47.7 Å². The molecule has 3 rings (SSSR count). The summed E-state index contributed by atoms with van der Waals surface area (Å²) in [6, 6.07) is 10.1. The van der Waals surface area contributed by atoms with E-state index < -0.39 is 0 Å². The number of fused-ring (bicyclic) bond motifs is 1. The van der Waals surface area contributed by atoms with Crippen LogP contribution in [-0.2, 0) is 11.2 Å². The highest BCUT2D eigenvalue weighted by molar-refractivity contribution is 5.83. The summed E-state index contributed by atoms with van der Waals surface area (Å²) in [5, 5.41) is 7.60. The van der Waals surface area contributed by atoms with Gasteiger partial charge in [-0.25, -0.2) is 0 Å². The molecule has 0 spiro atoms. The summed E-state index contributed by atoms with van der Waals surface area (Å²) in [7, 11) is 0. The van der Waals surface area contributed by atoms with E-state index in [1.54, 1.807) is 0 Å². The van der Waals surface area contributed by atoms with E-state index in [0.29, 0.717) is 6.54 Å². The van der Waals surface area contributed by atoms with E-state index >= 15 is 0 Å². The van der Waals surface area contributed by atoms with Crippen LogP contribution in [0.4, 0.5) is 0 Å². The third kappa shape index (κ3) is 3.53. The Morgan fingerprint density at radius 1 is 1.35 bits per heavy atom. The minimum Gasteiger partial charge on any atom is -0.354 e. The molecule has 2 aromatic rings. The quantitative estimate of drug-likeness (QED) is 0.913. The second kappa shape index (κ2) is 6.67. The van der Waals surface area contributed by atoms with E-state index in [9.17, 15) is 4.79 Å². The zero-order chi connectivity index (χ0) is 16.3. The average Bonchev–Trinajstić information content (AvgIpc) is 2.54. The number of hydrogen-bond acceptors (Lipinski definition) is 3. The second-order valence-corrected chi connectivity index (χ2v) is 7.01. The van der Waals surface area contributed by atoms with Gasteiger partial charge in [-0.15, -0.1) is 0 Å². The van der Waals surface area contributed by atoms with Crippen molar-refractivity contribution in [1.82, 2.24) is 15.6 Å². The molecule has 23 heavy (non-hydrogen) atoms. The number of carbonyl (C=O) groups excluding carboxylic acids is 1. The number of benzene rings is 1. The van der Waals surface area contributed by atoms with Crippen molar-refractivity contribution < 1.29 is 4.79 Å². The number of carbonyl (C=O) groups is 1. The lowest BCUT2D eigenvalue weighted by molar-refractivity contribution is -0.126. The van der Waals surface area contributed by atoms with Crippen LogP contribution in [0.15, 0.2) is 36.5 Å². The molecular formula is C19H25N3O. The van der Waals surface area contributed by atoms with Gasteiger partial charge in [-0.05, 0) is 42.9 Å². The Balaban J connectivity index is 1.61. The van der Waals surface area contributed by atoms with E-state index in [4.69, 9.17) is 0 Å². The first-order valence-electron chi connectivity index (χ1n) is 8.42. The van der Waals surface area contributed by atoms with E-state index in [-0.39, 0.29) is 17.4 Å². The maximum Gasteiger partial charge on any atom is 0.237 e. The standard InChI is InChI=1S/C19H25N3O/c1-19(2)10-5-12-21-17(19)18(23)22-13-9-15-7-3-6-14-8-4-11-20-16(14)15/h3-4,6-8,11,17,21H,5,9-10,12-13H2,1-2H3,(H,22,23). The first kappa shape index (κ1) is 15.9. The van der Waals surface area contributed by atoms with Gasteiger partial charge in [0, 0.05) is 18.1 Å². The summed E-state index contributed by atoms with van der Waals surface area (Å²) < 4.78 is 0. The van der Waals surface area contributed by atoms with E-state index in [0.717, 1.165) is 36.7 Å². The van der Waals surface area contributed by atoms with Gasteiger partial charge in [-0.2, -0.15) is 0 Å². The summed E-state index contributed by atoms with van der Waals surface area (Å²) in [6.45, 7) is 5.90. The van der Waals surface area contributed by atoms with Gasteiger partial charge in [-0.1, -0.05) is 38.1 Å². The Morgan fingerprint density at radius 3 is 3.00 bits per heavy atom. The Morgan fingerprint density at radius 2 is 2.17 bits per heavy atom. The van der Waals surface area contributed by atoms with Crippen LogP contribution >= 0.6 is 0 Å². The molecule has 1 atom stereocenters. The number of nitrogens with zero attached hydrogens (tertiary/aromatic N) is 1. The van der Waals surface area contributed by atoms with Gasteiger partial charge in [0.1, 0.15) is 0 Å². The van der Waals surface area contributed by atoms with Crippen LogP contribution in [0.5, 0.6) is 0 Å². The van der Waals surface area contributed by atoms with Crippen molar-refractivity contribution in [2.24, 2.45) is 5.41 Å². The molecule has 1 amide bonds. The van der Waals surface area contributed by atoms with Gasteiger partial charge >= 0.3 is 0 Å². The summed E-state index contributed by atoms with van der Waals surface area (Å²) in [6.07, 6.45) is 4.84.